The van der Waals surface area contributed by atoms with Crippen LogP contribution in [0.15, 0.2) is 12.2 Å². The highest BCUT2D eigenvalue weighted by Crippen LogP contribution is 2.17. The van der Waals surface area contributed by atoms with Crippen LogP contribution in [-0.4, -0.2) is 46.6 Å². The maximum absolute atomic E-state index is 12.4. The molecule has 0 aliphatic heterocycles. The average Bonchev–Trinajstić information content (AvgIpc) is 3.19. The van der Waals surface area contributed by atoms with Crippen molar-refractivity contribution < 1.29 is 20.1 Å². The highest BCUT2D eigenvalue weighted by molar-refractivity contribution is 5.76. The molecule has 4 N–H and O–H groups in total. The molecular formula is C50H99NO4. The van der Waals surface area contributed by atoms with Crippen molar-refractivity contribution in [2.24, 2.45) is 0 Å². The number of aliphatic hydroxyl groups excluding tert-OH is 3. The molecule has 0 rings (SSSR count). The number of rotatable bonds is 47. The Kier molecular flexibility index (Phi) is 46.7. The smallest absolute Gasteiger partial charge is 0.220 e. The lowest BCUT2D eigenvalue weighted by Gasteiger charge is -2.20. The highest BCUT2D eigenvalue weighted by atomic mass is 16.3. The first kappa shape index (κ1) is 54.1. The van der Waals surface area contributed by atoms with E-state index in [-0.39, 0.29) is 12.5 Å². The van der Waals surface area contributed by atoms with Crippen molar-refractivity contribution in [2.45, 2.75) is 289 Å². The van der Waals surface area contributed by atoms with Gasteiger partial charge in [-0.2, -0.15) is 0 Å². The van der Waals surface area contributed by atoms with E-state index in [1.54, 1.807) is 6.08 Å². The van der Waals surface area contributed by atoms with Gasteiger partial charge in [-0.25, -0.2) is 0 Å². The zero-order chi connectivity index (χ0) is 40.0. The Balaban J connectivity index is 3.40. The van der Waals surface area contributed by atoms with Gasteiger partial charge in [-0.15, -0.1) is 0 Å². The predicted octanol–water partition coefficient (Wildman–Crippen LogP) is 14.8. The van der Waals surface area contributed by atoms with E-state index in [2.05, 4.69) is 12.2 Å². The molecular weight excluding hydrogens is 679 g/mol. The molecule has 5 heteroatoms. The molecule has 5 nitrogen and oxygen atoms in total. The van der Waals surface area contributed by atoms with Crippen molar-refractivity contribution in [3.63, 3.8) is 0 Å². The Labute approximate surface area is 344 Å². The number of nitrogens with one attached hydrogen (secondary N) is 1. The molecule has 2 unspecified atom stereocenters. The van der Waals surface area contributed by atoms with Crippen LogP contribution in [0.25, 0.3) is 0 Å². The van der Waals surface area contributed by atoms with E-state index in [1.165, 1.54) is 231 Å². The van der Waals surface area contributed by atoms with Crippen molar-refractivity contribution in [2.75, 3.05) is 13.2 Å². The summed E-state index contributed by atoms with van der Waals surface area (Å²) in [5, 5.41) is 31.8. The fourth-order valence-electron chi connectivity index (χ4n) is 7.98. The van der Waals surface area contributed by atoms with Gasteiger partial charge in [0.15, 0.2) is 0 Å². The molecule has 0 spiro atoms. The number of aliphatic hydroxyl groups is 3. The normalized spacial score (nSPS) is 12.9. The summed E-state index contributed by atoms with van der Waals surface area (Å²) in [4.78, 5) is 12.4. The lowest BCUT2D eigenvalue weighted by Crippen LogP contribution is -2.45. The van der Waals surface area contributed by atoms with E-state index in [1.807, 2.05) is 6.08 Å². The summed E-state index contributed by atoms with van der Waals surface area (Å²) in [7, 11) is 0. The Morgan fingerprint density at radius 2 is 0.727 bits per heavy atom. The van der Waals surface area contributed by atoms with E-state index in [4.69, 9.17) is 5.11 Å². The zero-order valence-electron chi connectivity index (χ0n) is 37.2. The lowest BCUT2D eigenvalue weighted by molar-refractivity contribution is -0.123. The number of hydrogen-bond donors (Lipinski definition) is 4. The third kappa shape index (κ3) is 44.0. The van der Waals surface area contributed by atoms with Crippen molar-refractivity contribution in [3.8, 4) is 0 Å². The zero-order valence-corrected chi connectivity index (χ0v) is 37.2. The summed E-state index contributed by atoms with van der Waals surface area (Å²) < 4.78 is 0. The Morgan fingerprint density at radius 1 is 0.436 bits per heavy atom. The molecule has 0 radical (unpaired) electrons. The van der Waals surface area contributed by atoms with Crippen LogP contribution < -0.4 is 5.32 Å². The third-order valence-electron chi connectivity index (χ3n) is 11.8. The summed E-state index contributed by atoms with van der Waals surface area (Å²) in [6.45, 7) is 2.39. The minimum Gasteiger partial charge on any atom is -0.396 e. The van der Waals surface area contributed by atoms with Gasteiger partial charge >= 0.3 is 0 Å². The lowest BCUT2D eigenvalue weighted by atomic mass is 10.0. The van der Waals surface area contributed by atoms with Gasteiger partial charge in [-0.05, 0) is 25.7 Å². The number of hydrogen-bond acceptors (Lipinski definition) is 4. The summed E-state index contributed by atoms with van der Waals surface area (Å²) in [5.41, 5.74) is 0. The Bertz CT molecular complexity index is 758. The van der Waals surface area contributed by atoms with E-state index >= 15 is 0 Å². The topological polar surface area (TPSA) is 89.8 Å². The molecule has 0 heterocycles. The van der Waals surface area contributed by atoms with Crippen LogP contribution in [0.4, 0.5) is 0 Å². The maximum Gasteiger partial charge on any atom is 0.220 e. The molecule has 0 fully saturated rings. The van der Waals surface area contributed by atoms with Crippen LogP contribution in [0, 0.1) is 0 Å². The first-order chi connectivity index (χ1) is 27.2. The van der Waals surface area contributed by atoms with Gasteiger partial charge in [-0.1, -0.05) is 257 Å². The van der Waals surface area contributed by atoms with Gasteiger partial charge in [-0.3, -0.25) is 4.79 Å². The summed E-state index contributed by atoms with van der Waals surface area (Å²) >= 11 is 0. The summed E-state index contributed by atoms with van der Waals surface area (Å²) in [6.07, 6.45) is 57.9. The van der Waals surface area contributed by atoms with Gasteiger partial charge < -0.3 is 20.6 Å². The van der Waals surface area contributed by atoms with Gasteiger partial charge in [0.25, 0.3) is 0 Å². The molecule has 0 aromatic carbocycles. The SMILES string of the molecule is CCCCCCCCCCCCCC=CC(O)C(CO)NC(=O)CCCCCCCCCCCCCCCCCCCCCCCCCCCCCCCO. The number of carbonyl (C=O) groups is 1. The number of allylic oxidation sites excluding steroid dienone is 1. The van der Waals surface area contributed by atoms with Crippen molar-refractivity contribution in [3.05, 3.63) is 12.2 Å². The quantitative estimate of drug-likeness (QED) is 0.0366. The second-order valence-electron chi connectivity index (χ2n) is 17.3. The molecule has 0 saturated carbocycles. The minimum absolute atomic E-state index is 0.0619. The van der Waals surface area contributed by atoms with Crippen molar-refractivity contribution in [1.29, 1.82) is 0 Å². The molecule has 0 aromatic heterocycles. The van der Waals surface area contributed by atoms with E-state index in [9.17, 15) is 15.0 Å². The third-order valence-corrected chi connectivity index (χ3v) is 11.8. The monoisotopic (exact) mass is 778 g/mol. The van der Waals surface area contributed by atoms with Crippen LogP contribution in [0.3, 0.4) is 0 Å². The standard InChI is InChI=1S/C50H99NO4/c1-2-3-4-5-6-7-8-26-29-32-35-38-41-44-49(54)48(47-53)51-50(55)45-42-39-36-33-30-27-24-22-20-18-16-14-12-10-9-11-13-15-17-19-21-23-25-28-31-34-37-40-43-46-52/h41,44,48-49,52-54H,2-40,42-43,45-47H2,1H3,(H,51,55). The van der Waals surface area contributed by atoms with E-state index in [0.29, 0.717) is 13.0 Å². The molecule has 0 saturated heterocycles. The fraction of sp³-hybridized carbons (Fsp3) is 0.940. The van der Waals surface area contributed by atoms with Crippen molar-refractivity contribution >= 4 is 5.91 Å². The summed E-state index contributed by atoms with van der Waals surface area (Å²) in [5.74, 6) is -0.0619. The van der Waals surface area contributed by atoms with Crippen LogP contribution >= 0.6 is 0 Å². The second kappa shape index (κ2) is 47.5. The molecule has 1 amide bonds. The number of amides is 1. The maximum atomic E-state index is 12.4. The Hall–Kier alpha value is -0.910. The van der Waals surface area contributed by atoms with Crippen LogP contribution in [0.2, 0.25) is 0 Å². The van der Waals surface area contributed by atoms with Gasteiger partial charge in [0.05, 0.1) is 18.8 Å². The van der Waals surface area contributed by atoms with E-state index < -0.39 is 12.1 Å². The molecule has 0 bridgehead atoms. The Morgan fingerprint density at radius 3 is 1.04 bits per heavy atom. The first-order valence-electron chi connectivity index (χ1n) is 25.0. The first-order valence-corrected chi connectivity index (χ1v) is 25.0. The molecule has 55 heavy (non-hydrogen) atoms. The van der Waals surface area contributed by atoms with Crippen LogP contribution in [-0.2, 0) is 4.79 Å². The number of carbonyl (C=O) groups excluding carboxylic acids is 1. The summed E-state index contributed by atoms with van der Waals surface area (Å²) in [6, 6.07) is -0.619. The fourth-order valence-corrected chi connectivity index (χ4v) is 7.98. The molecule has 328 valence electrons. The minimum atomic E-state index is -0.836. The average molecular weight is 778 g/mol. The largest absolute Gasteiger partial charge is 0.396 e. The molecule has 0 aromatic rings. The number of unbranched alkanes of at least 4 members (excludes halogenated alkanes) is 39. The van der Waals surface area contributed by atoms with Crippen molar-refractivity contribution in [1.82, 2.24) is 5.32 Å². The predicted molar refractivity (Wildman–Crippen MR) is 241 cm³/mol. The van der Waals surface area contributed by atoms with Crippen LogP contribution in [0.5, 0.6) is 0 Å². The highest BCUT2D eigenvalue weighted by Gasteiger charge is 2.18. The molecule has 0 aliphatic carbocycles. The molecule has 0 aliphatic rings. The second-order valence-corrected chi connectivity index (χ2v) is 17.3. The van der Waals surface area contributed by atoms with Gasteiger partial charge in [0.2, 0.25) is 5.91 Å². The van der Waals surface area contributed by atoms with Crippen LogP contribution in [0.1, 0.15) is 277 Å². The van der Waals surface area contributed by atoms with Gasteiger partial charge in [0.1, 0.15) is 0 Å². The van der Waals surface area contributed by atoms with Gasteiger partial charge in [0, 0.05) is 13.0 Å². The molecule has 2 atom stereocenters. The van der Waals surface area contributed by atoms with E-state index in [0.717, 1.165) is 32.1 Å².